The van der Waals surface area contributed by atoms with Crippen molar-refractivity contribution in [2.45, 2.75) is 25.5 Å². The van der Waals surface area contributed by atoms with Crippen molar-refractivity contribution in [3.8, 4) is 0 Å². The fraction of sp³-hybridized carbons (Fsp3) is 0.857. The van der Waals surface area contributed by atoms with Crippen LogP contribution in [-0.2, 0) is 0 Å². The van der Waals surface area contributed by atoms with E-state index in [1.54, 1.807) is 0 Å². The molecule has 62 valence electrons. The molecule has 2 rings (SSSR count). The van der Waals surface area contributed by atoms with E-state index in [1.165, 1.54) is 0 Å². The molecule has 0 aromatic rings. The molecule has 2 aliphatic rings. The van der Waals surface area contributed by atoms with E-state index in [1.807, 2.05) is 0 Å². The standard InChI is InChI=1S/C7H11NO3/c9-5-7(2-1-3-7)4-8(5)6(10)11/h5,9H,1-4H2,(H,10,11). The predicted octanol–water partition coefficient (Wildman–Crippen LogP) is 0.469. The molecule has 4 heteroatoms. The number of rotatable bonds is 0. The first-order chi connectivity index (χ1) is 5.16. The first-order valence-electron chi connectivity index (χ1n) is 3.83. The van der Waals surface area contributed by atoms with Crippen LogP contribution in [0.5, 0.6) is 0 Å². The number of aliphatic hydroxyl groups excluding tert-OH is 1. The van der Waals surface area contributed by atoms with Gasteiger partial charge < -0.3 is 10.2 Å². The van der Waals surface area contributed by atoms with Crippen molar-refractivity contribution in [2.24, 2.45) is 5.41 Å². The molecule has 2 fully saturated rings. The number of hydrogen-bond donors (Lipinski definition) is 2. The highest BCUT2D eigenvalue weighted by Gasteiger charge is 2.57. The second kappa shape index (κ2) is 1.88. The number of amides is 1. The van der Waals surface area contributed by atoms with Crippen molar-refractivity contribution in [3.63, 3.8) is 0 Å². The smallest absolute Gasteiger partial charge is 0.409 e. The van der Waals surface area contributed by atoms with Crippen LogP contribution in [-0.4, -0.2) is 34.0 Å². The Kier molecular flexibility index (Phi) is 1.18. The highest BCUT2D eigenvalue weighted by molar-refractivity contribution is 5.66. The quantitative estimate of drug-likeness (QED) is 0.537. The van der Waals surface area contributed by atoms with Crippen molar-refractivity contribution < 1.29 is 15.0 Å². The Labute approximate surface area is 64.4 Å². The molecule has 1 saturated heterocycles. The van der Waals surface area contributed by atoms with Crippen molar-refractivity contribution in [1.82, 2.24) is 4.90 Å². The molecule has 11 heavy (non-hydrogen) atoms. The monoisotopic (exact) mass is 157 g/mol. The van der Waals surface area contributed by atoms with Crippen LogP contribution in [0.25, 0.3) is 0 Å². The van der Waals surface area contributed by atoms with Crippen molar-refractivity contribution >= 4 is 6.09 Å². The van der Waals surface area contributed by atoms with Crippen LogP contribution in [0.15, 0.2) is 0 Å². The van der Waals surface area contributed by atoms with Gasteiger partial charge in [0.15, 0.2) is 0 Å². The SMILES string of the molecule is O=C(O)N1CC2(CCC2)C1O. The average molecular weight is 157 g/mol. The fourth-order valence-corrected chi connectivity index (χ4v) is 1.94. The summed E-state index contributed by atoms with van der Waals surface area (Å²) in [5.74, 6) is 0. The minimum atomic E-state index is -1.00. The van der Waals surface area contributed by atoms with E-state index in [-0.39, 0.29) is 5.41 Å². The van der Waals surface area contributed by atoms with Gasteiger partial charge in [0, 0.05) is 12.0 Å². The zero-order valence-corrected chi connectivity index (χ0v) is 6.16. The number of nitrogens with zero attached hydrogens (tertiary/aromatic N) is 1. The lowest BCUT2D eigenvalue weighted by atomic mass is 9.62. The second-order valence-corrected chi connectivity index (χ2v) is 3.50. The first kappa shape index (κ1) is 6.91. The normalized spacial score (nSPS) is 32.8. The largest absolute Gasteiger partial charge is 0.465 e. The van der Waals surface area contributed by atoms with Crippen LogP contribution in [0.3, 0.4) is 0 Å². The third-order valence-corrected chi connectivity index (χ3v) is 2.92. The Morgan fingerprint density at radius 3 is 2.45 bits per heavy atom. The number of likely N-dealkylation sites (tertiary alicyclic amines) is 1. The summed E-state index contributed by atoms with van der Waals surface area (Å²) >= 11 is 0. The maximum absolute atomic E-state index is 10.4. The zero-order valence-electron chi connectivity index (χ0n) is 6.16. The molecule has 1 spiro atoms. The Morgan fingerprint density at radius 1 is 1.55 bits per heavy atom. The molecular weight excluding hydrogens is 146 g/mol. The van der Waals surface area contributed by atoms with Gasteiger partial charge in [-0.1, -0.05) is 6.42 Å². The van der Waals surface area contributed by atoms with Crippen LogP contribution < -0.4 is 0 Å². The molecule has 1 aliphatic heterocycles. The molecule has 1 unspecified atom stereocenters. The minimum Gasteiger partial charge on any atom is -0.465 e. The average Bonchev–Trinajstić information content (AvgIpc) is 1.80. The molecule has 0 aromatic carbocycles. The van der Waals surface area contributed by atoms with E-state index >= 15 is 0 Å². The number of carbonyl (C=O) groups is 1. The van der Waals surface area contributed by atoms with Gasteiger partial charge in [0.2, 0.25) is 0 Å². The molecular formula is C7H11NO3. The Balaban J connectivity index is 2.00. The third-order valence-electron chi connectivity index (χ3n) is 2.92. The van der Waals surface area contributed by atoms with E-state index in [0.29, 0.717) is 6.54 Å². The maximum Gasteiger partial charge on any atom is 0.409 e. The fourth-order valence-electron chi connectivity index (χ4n) is 1.94. The molecule has 1 atom stereocenters. The lowest BCUT2D eigenvalue weighted by molar-refractivity contribution is -0.207. The van der Waals surface area contributed by atoms with Gasteiger partial charge in [-0.3, -0.25) is 4.90 Å². The van der Waals surface area contributed by atoms with E-state index in [4.69, 9.17) is 5.11 Å². The number of carboxylic acid groups (broad SMARTS) is 1. The summed E-state index contributed by atoms with van der Waals surface area (Å²) in [5.41, 5.74) is -0.0433. The van der Waals surface area contributed by atoms with Crippen LogP contribution in [0.2, 0.25) is 0 Å². The van der Waals surface area contributed by atoms with Crippen molar-refractivity contribution in [2.75, 3.05) is 6.54 Å². The van der Waals surface area contributed by atoms with E-state index in [0.717, 1.165) is 24.2 Å². The van der Waals surface area contributed by atoms with Gasteiger partial charge in [-0.25, -0.2) is 4.79 Å². The molecule has 4 nitrogen and oxygen atoms in total. The summed E-state index contributed by atoms with van der Waals surface area (Å²) < 4.78 is 0. The Hall–Kier alpha value is -0.770. The molecule has 0 radical (unpaired) electrons. The second-order valence-electron chi connectivity index (χ2n) is 3.50. The van der Waals surface area contributed by atoms with Gasteiger partial charge in [0.05, 0.1) is 0 Å². The lowest BCUT2D eigenvalue weighted by Gasteiger charge is -2.58. The third kappa shape index (κ3) is 0.701. The van der Waals surface area contributed by atoms with Crippen LogP contribution in [0.1, 0.15) is 19.3 Å². The van der Waals surface area contributed by atoms with Gasteiger partial charge in [0.1, 0.15) is 6.23 Å². The minimum absolute atomic E-state index is 0.0433. The van der Waals surface area contributed by atoms with Gasteiger partial charge in [-0.2, -0.15) is 0 Å². The molecule has 1 amide bonds. The van der Waals surface area contributed by atoms with Gasteiger partial charge in [0.25, 0.3) is 0 Å². The van der Waals surface area contributed by atoms with Crippen LogP contribution in [0, 0.1) is 5.41 Å². The maximum atomic E-state index is 10.4. The van der Waals surface area contributed by atoms with E-state index < -0.39 is 12.3 Å². The van der Waals surface area contributed by atoms with Crippen LogP contribution >= 0.6 is 0 Å². The molecule has 0 bridgehead atoms. The molecule has 0 aromatic heterocycles. The lowest BCUT2D eigenvalue weighted by Crippen LogP contribution is -2.68. The predicted molar refractivity (Wildman–Crippen MR) is 37.0 cm³/mol. The Bertz CT molecular complexity index is 200. The van der Waals surface area contributed by atoms with Crippen molar-refractivity contribution in [1.29, 1.82) is 0 Å². The summed E-state index contributed by atoms with van der Waals surface area (Å²) in [6.45, 7) is 0.531. The summed E-state index contributed by atoms with van der Waals surface area (Å²) in [4.78, 5) is 11.5. The number of aliphatic hydroxyl groups is 1. The summed E-state index contributed by atoms with van der Waals surface area (Å²) in [6.07, 6.45) is 1.37. The summed E-state index contributed by atoms with van der Waals surface area (Å²) in [7, 11) is 0. The molecule has 2 N–H and O–H groups in total. The molecule has 1 saturated carbocycles. The highest BCUT2D eigenvalue weighted by Crippen LogP contribution is 2.51. The first-order valence-corrected chi connectivity index (χ1v) is 3.83. The van der Waals surface area contributed by atoms with Gasteiger partial charge in [-0.15, -0.1) is 0 Å². The van der Waals surface area contributed by atoms with Crippen molar-refractivity contribution in [3.05, 3.63) is 0 Å². The zero-order chi connectivity index (χ0) is 8.06. The van der Waals surface area contributed by atoms with E-state index in [2.05, 4.69) is 0 Å². The van der Waals surface area contributed by atoms with E-state index in [9.17, 15) is 9.90 Å². The Morgan fingerprint density at radius 2 is 2.18 bits per heavy atom. The van der Waals surface area contributed by atoms with Gasteiger partial charge in [-0.05, 0) is 12.8 Å². The van der Waals surface area contributed by atoms with Crippen LogP contribution in [0.4, 0.5) is 4.79 Å². The summed E-state index contributed by atoms with van der Waals surface area (Å²) in [6, 6.07) is 0. The topological polar surface area (TPSA) is 60.8 Å². The molecule has 1 heterocycles. The highest BCUT2D eigenvalue weighted by atomic mass is 16.4. The number of hydrogen-bond acceptors (Lipinski definition) is 2. The van der Waals surface area contributed by atoms with Gasteiger partial charge >= 0.3 is 6.09 Å². The molecule has 1 aliphatic carbocycles. The summed E-state index contributed by atoms with van der Waals surface area (Å²) in [5, 5.41) is 17.9.